The van der Waals surface area contributed by atoms with E-state index in [1.807, 2.05) is 26.0 Å². The maximum atomic E-state index is 13.9. The number of aryl methyl sites for hydroxylation is 1. The van der Waals surface area contributed by atoms with Crippen molar-refractivity contribution in [2.24, 2.45) is 11.5 Å². The van der Waals surface area contributed by atoms with Gasteiger partial charge in [-0.25, -0.2) is 4.79 Å². The van der Waals surface area contributed by atoms with Crippen molar-refractivity contribution in [1.82, 2.24) is 10.6 Å². The van der Waals surface area contributed by atoms with E-state index < -0.39 is 23.3 Å². The summed E-state index contributed by atoms with van der Waals surface area (Å²) in [5, 5.41) is 26.9. The zero-order valence-corrected chi connectivity index (χ0v) is 26.4. The van der Waals surface area contributed by atoms with Crippen LogP contribution >= 0.6 is 0 Å². The minimum Gasteiger partial charge on any atom is -0.507 e. The Morgan fingerprint density at radius 1 is 1.17 bits per heavy atom. The van der Waals surface area contributed by atoms with E-state index in [9.17, 15) is 19.8 Å². The Morgan fingerprint density at radius 2 is 1.98 bits per heavy atom. The number of carbonyl (C=O) groups excluding carboxylic acids is 1. The van der Waals surface area contributed by atoms with Crippen molar-refractivity contribution in [3.8, 4) is 11.5 Å². The van der Waals surface area contributed by atoms with Crippen molar-refractivity contribution in [2.75, 3.05) is 13.2 Å². The Balaban J connectivity index is 1.18. The number of nitrogens with one attached hydrogen (secondary N) is 2. The lowest BCUT2D eigenvalue weighted by Crippen LogP contribution is -2.50. The molecule has 0 amide bonds. The van der Waals surface area contributed by atoms with E-state index in [0.717, 1.165) is 11.1 Å². The van der Waals surface area contributed by atoms with Gasteiger partial charge in [-0.1, -0.05) is 12.2 Å². The predicted octanol–water partition coefficient (Wildman–Crippen LogP) is 2.54. The molecule has 4 aliphatic heterocycles. The number of carbonyl (C=O) groups is 1. The molecule has 246 valence electrons. The molecular formula is C34H42N4O8. The van der Waals surface area contributed by atoms with Crippen LogP contribution in [0.4, 0.5) is 0 Å². The molecule has 0 aliphatic carbocycles. The maximum Gasteiger partial charge on any atom is 0.341 e. The van der Waals surface area contributed by atoms with E-state index in [4.69, 9.17) is 30.1 Å². The van der Waals surface area contributed by atoms with Crippen LogP contribution < -0.4 is 32.3 Å². The Kier molecular flexibility index (Phi) is 8.28. The molecule has 0 saturated carbocycles. The third-order valence-electron chi connectivity index (χ3n) is 9.15. The molecule has 4 atom stereocenters. The van der Waals surface area contributed by atoms with Gasteiger partial charge in [-0.3, -0.25) is 4.79 Å². The summed E-state index contributed by atoms with van der Waals surface area (Å²) in [6.07, 6.45) is 9.57. The number of fused-ring (bicyclic) bond motifs is 2. The first-order valence-electron chi connectivity index (χ1n) is 15.7. The summed E-state index contributed by atoms with van der Waals surface area (Å²) >= 11 is 0. The number of ether oxygens (including phenoxy) is 3. The van der Waals surface area contributed by atoms with Crippen LogP contribution in [0.5, 0.6) is 11.5 Å². The standard InChI is InChI=1S/C34H42N4O8/c1-18-12-23(40)30-25(43-18)17-24-21(31(30)41)16-27(33(2,3)45-24)44-32(42)34(9-4-5-11-39)26(46-34)7-6-19-13-22(38-29(36)14-19)20-8-10-37-28(35)15-20/h8,12-15,17,22,26-27,37-39,41H,4-7,9-11,16,35-36H2,1-3H3/t22?,26-,27-,34+/m1/s1. The van der Waals surface area contributed by atoms with Crippen LogP contribution in [0.3, 0.4) is 0 Å². The fraction of sp³-hybridized carbons (Fsp3) is 0.471. The average Bonchev–Trinajstić information content (AvgIpc) is 3.70. The van der Waals surface area contributed by atoms with Crippen molar-refractivity contribution in [1.29, 1.82) is 0 Å². The van der Waals surface area contributed by atoms with E-state index in [0.29, 0.717) is 67.4 Å². The largest absolute Gasteiger partial charge is 0.507 e. The molecule has 1 saturated heterocycles. The molecule has 5 heterocycles. The van der Waals surface area contributed by atoms with Gasteiger partial charge in [0, 0.05) is 37.3 Å². The van der Waals surface area contributed by atoms with Gasteiger partial charge in [-0.05, 0) is 76.2 Å². The minimum absolute atomic E-state index is 0.00645. The number of aliphatic hydroxyl groups excluding tert-OH is 1. The van der Waals surface area contributed by atoms with Crippen molar-refractivity contribution in [2.45, 2.75) is 88.7 Å². The molecule has 1 unspecified atom stereocenters. The van der Waals surface area contributed by atoms with E-state index in [-0.39, 0.29) is 47.3 Å². The molecule has 0 spiro atoms. The van der Waals surface area contributed by atoms with Crippen LogP contribution in [0.15, 0.2) is 68.4 Å². The fourth-order valence-electron chi connectivity index (χ4n) is 6.59. The van der Waals surface area contributed by atoms with Gasteiger partial charge < -0.3 is 50.9 Å². The van der Waals surface area contributed by atoms with Crippen molar-refractivity contribution in [3.05, 3.63) is 80.8 Å². The van der Waals surface area contributed by atoms with Crippen molar-refractivity contribution >= 4 is 16.9 Å². The highest BCUT2D eigenvalue weighted by molar-refractivity contribution is 5.87. The second-order valence-electron chi connectivity index (χ2n) is 13.0. The zero-order chi connectivity index (χ0) is 32.8. The number of rotatable bonds is 10. The first kappa shape index (κ1) is 31.6. The van der Waals surface area contributed by atoms with E-state index in [1.165, 1.54) is 6.07 Å². The Labute approximate surface area is 266 Å². The predicted molar refractivity (Wildman–Crippen MR) is 171 cm³/mol. The van der Waals surface area contributed by atoms with Crippen LogP contribution in [0.1, 0.15) is 57.3 Å². The summed E-state index contributed by atoms with van der Waals surface area (Å²) in [6.45, 7) is 5.92. The molecule has 6 rings (SSSR count). The summed E-state index contributed by atoms with van der Waals surface area (Å²) in [5.74, 6) is 1.18. The number of hydrogen-bond acceptors (Lipinski definition) is 12. The van der Waals surface area contributed by atoms with Crippen LogP contribution in [-0.4, -0.2) is 58.8 Å². The molecule has 1 fully saturated rings. The molecule has 12 heteroatoms. The third kappa shape index (κ3) is 6.06. The second kappa shape index (κ2) is 12.1. The normalized spacial score (nSPS) is 26.3. The van der Waals surface area contributed by atoms with Crippen LogP contribution in [0.25, 0.3) is 11.0 Å². The molecule has 4 aliphatic rings. The number of aromatic hydroxyl groups is 1. The van der Waals surface area contributed by atoms with Gasteiger partial charge in [-0.2, -0.15) is 0 Å². The van der Waals surface area contributed by atoms with E-state index >= 15 is 0 Å². The smallest absolute Gasteiger partial charge is 0.341 e. The topological polar surface area (TPSA) is 195 Å². The maximum absolute atomic E-state index is 13.9. The molecule has 0 bridgehead atoms. The molecule has 8 N–H and O–H groups in total. The Bertz CT molecular complexity index is 1740. The van der Waals surface area contributed by atoms with Crippen molar-refractivity contribution in [3.63, 3.8) is 0 Å². The van der Waals surface area contributed by atoms with Gasteiger partial charge in [0.25, 0.3) is 0 Å². The highest BCUT2D eigenvalue weighted by Gasteiger charge is 2.63. The first-order valence-corrected chi connectivity index (χ1v) is 15.7. The first-order chi connectivity index (χ1) is 21.9. The molecule has 46 heavy (non-hydrogen) atoms. The summed E-state index contributed by atoms with van der Waals surface area (Å²) in [7, 11) is 0. The zero-order valence-electron chi connectivity index (χ0n) is 26.4. The number of phenolic OH excluding ortho intramolecular Hbond substituents is 1. The van der Waals surface area contributed by atoms with E-state index in [1.54, 1.807) is 13.0 Å². The minimum atomic E-state index is -1.16. The second-order valence-corrected chi connectivity index (χ2v) is 13.0. The lowest BCUT2D eigenvalue weighted by atomic mass is 9.88. The number of aliphatic hydroxyl groups is 1. The lowest BCUT2D eigenvalue weighted by Gasteiger charge is -2.39. The molecular weight excluding hydrogens is 592 g/mol. The summed E-state index contributed by atoms with van der Waals surface area (Å²) in [4.78, 5) is 26.6. The molecule has 0 radical (unpaired) electrons. The number of esters is 1. The summed E-state index contributed by atoms with van der Waals surface area (Å²) in [6, 6.07) is 2.80. The average molecular weight is 635 g/mol. The van der Waals surface area contributed by atoms with Gasteiger partial charge in [0.05, 0.1) is 23.8 Å². The number of allylic oxidation sites excluding steroid dienone is 2. The Hall–Kier alpha value is -4.42. The van der Waals surface area contributed by atoms with Gasteiger partial charge in [0.2, 0.25) is 0 Å². The number of benzene rings is 1. The molecule has 1 aromatic heterocycles. The lowest BCUT2D eigenvalue weighted by molar-refractivity contribution is -0.168. The van der Waals surface area contributed by atoms with Gasteiger partial charge in [0.15, 0.2) is 11.0 Å². The molecule has 12 nitrogen and oxygen atoms in total. The summed E-state index contributed by atoms with van der Waals surface area (Å²) in [5.41, 5.74) is 12.3. The monoisotopic (exact) mass is 634 g/mol. The fourth-order valence-corrected chi connectivity index (χ4v) is 6.59. The number of unbranched alkanes of at least 4 members (excludes halogenated alkanes) is 1. The Morgan fingerprint density at radius 3 is 2.74 bits per heavy atom. The van der Waals surface area contributed by atoms with Gasteiger partial charge in [0.1, 0.15) is 39.9 Å². The highest BCUT2D eigenvalue weighted by atomic mass is 16.7. The van der Waals surface area contributed by atoms with Crippen LogP contribution in [-0.2, 0) is 20.7 Å². The molecule has 1 aromatic carbocycles. The quantitative estimate of drug-likeness (QED) is 0.127. The third-order valence-corrected chi connectivity index (χ3v) is 9.15. The van der Waals surface area contributed by atoms with Crippen molar-refractivity contribution < 1.29 is 33.6 Å². The number of phenols is 1. The number of nitrogens with two attached hydrogens (primary N) is 2. The number of epoxide rings is 1. The summed E-state index contributed by atoms with van der Waals surface area (Å²) < 4.78 is 24.2. The van der Waals surface area contributed by atoms with Crippen LogP contribution in [0, 0.1) is 6.92 Å². The van der Waals surface area contributed by atoms with E-state index in [2.05, 4.69) is 22.8 Å². The number of hydrogen-bond donors (Lipinski definition) is 6. The SMILES string of the molecule is Cc1cc(=O)c2c(O)c3c(cc2o1)OC(C)(C)[C@H](OC(=O)[C@@]1(CCCCO)O[C@@H]1CCC1=CC(C2=CCNC(N)=C2)NC(N)=C1)C3. The number of dihydropyridines is 2. The molecule has 2 aromatic rings. The van der Waals surface area contributed by atoms with Crippen LogP contribution in [0.2, 0.25) is 0 Å². The van der Waals surface area contributed by atoms with Gasteiger partial charge in [-0.15, -0.1) is 0 Å². The highest BCUT2D eigenvalue weighted by Crippen LogP contribution is 2.48. The van der Waals surface area contributed by atoms with Gasteiger partial charge >= 0.3 is 5.97 Å².